The van der Waals surface area contributed by atoms with Gasteiger partial charge in [-0.25, -0.2) is 13.9 Å². The number of benzene rings is 2. The highest BCUT2D eigenvalue weighted by Crippen LogP contribution is 2.29. The van der Waals surface area contributed by atoms with Crippen molar-refractivity contribution in [2.45, 2.75) is 45.3 Å². The van der Waals surface area contributed by atoms with Gasteiger partial charge >= 0.3 is 0 Å². The predicted molar refractivity (Wildman–Crippen MR) is 133 cm³/mol. The molecule has 1 N–H and O–H groups in total. The van der Waals surface area contributed by atoms with E-state index in [1.165, 1.54) is 23.4 Å². The summed E-state index contributed by atoms with van der Waals surface area (Å²) in [7, 11) is 0. The lowest BCUT2D eigenvalue weighted by Gasteiger charge is -2.33. The second kappa shape index (κ2) is 10.2. The van der Waals surface area contributed by atoms with Crippen molar-refractivity contribution in [3.8, 4) is 0 Å². The van der Waals surface area contributed by atoms with Crippen LogP contribution < -0.4 is 5.32 Å². The number of fused-ring (bicyclic) bond motifs is 1. The van der Waals surface area contributed by atoms with Gasteiger partial charge in [0, 0.05) is 48.9 Å². The summed E-state index contributed by atoms with van der Waals surface area (Å²) in [4.78, 5) is 7.19. The third-order valence-corrected chi connectivity index (χ3v) is 6.88. The zero-order chi connectivity index (χ0) is 23.5. The van der Waals surface area contributed by atoms with E-state index in [9.17, 15) is 4.39 Å². The summed E-state index contributed by atoms with van der Waals surface area (Å²) < 4.78 is 15.2. The highest BCUT2D eigenvalue weighted by Gasteiger charge is 2.25. The van der Waals surface area contributed by atoms with E-state index >= 15 is 0 Å². The summed E-state index contributed by atoms with van der Waals surface area (Å²) in [5.74, 6) is 0.194. The molecule has 34 heavy (non-hydrogen) atoms. The van der Waals surface area contributed by atoms with Crippen LogP contribution in [0.4, 0.5) is 4.39 Å². The molecule has 0 bridgehead atoms. The van der Waals surface area contributed by atoms with Gasteiger partial charge < -0.3 is 5.32 Å². The molecular formula is C27H29ClFN5. The number of aryl methyl sites for hydroxylation is 1. The molecule has 1 aliphatic heterocycles. The zero-order valence-electron chi connectivity index (χ0n) is 19.3. The molecule has 5 nitrogen and oxygen atoms in total. The summed E-state index contributed by atoms with van der Waals surface area (Å²) in [6.07, 6.45) is 4.22. The zero-order valence-corrected chi connectivity index (χ0v) is 20.1. The van der Waals surface area contributed by atoms with Crippen molar-refractivity contribution < 1.29 is 4.39 Å². The van der Waals surface area contributed by atoms with Crippen LogP contribution in [-0.2, 0) is 19.6 Å². The summed E-state index contributed by atoms with van der Waals surface area (Å²) in [6, 6.07) is 16.9. The maximum absolute atomic E-state index is 13.2. The Morgan fingerprint density at radius 1 is 1.03 bits per heavy atom. The van der Waals surface area contributed by atoms with E-state index < -0.39 is 0 Å². The molecule has 0 spiro atoms. The first kappa shape index (κ1) is 23.0. The normalized spacial score (nSPS) is 16.9. The molecule has 0 aliphatic carbocycles. The van der Waals surface area contributed by atoms with Gasteiger partial charge in [-0.1, -0.05) is 35.9 Å². The summed E-state index contributed by atoms with van der Waals surface area (Å²) >= 11 is 6.05. The lowest BCUT2D eigenvalue weighted by molar-refractivity contribution is 0.197. The highest BCUT2D eigenvalue weighted by atomic mass is 35.5. The first-order valence-electron chi connectivity index (χ1n) is 11.8. The lowest BCUT2D eigenvalue weighted by Crippen LogP contribution is -2.34. The number of likely N-dealkylation sites (tertiary alicyclic amines) is 1. The Kier molecular flexibility index (Phi) is 6.90. The van der Waals surface area contributed by atoms with E-state index in [0.29, 0.717) is 19.0 Å². The van der Waals surface area contributed by atoms with E-state index in [0.717, 1.165) is 60.0 Å². The number of hydrogen-bond acceptors (Lipinski definition) is 4. The third-order valence-electron chi connectivity index (χ3n) is 6.63. The number of nitrogens with zero attached hydrogens (tertiary/aromatic N) is 4. The predicted octanol–water partition coefficient (Wildman–Crippen LogP) is 5.50. The molecule has 0 saturated carbocycles. The number of hydrogen-bond donors (Lipinski definition) is 1. The molecule has 1 unspecified atom stereocenters. The Morgan fingerprint density at radius 2 is 1.79 bits per heavy atom. The van der Waals surface area contributed by atoms with Gasteiger partial charge in [0.15, 0.2) is 5.65 Å². The molecule has 1 saturated heterocycles. The largest absolute Gasteiger partial charge is 0.308 e. The number of halogens is 2. The van der Waals surface area contributed by atoms with Crippen LogP contribution in [0.15, 0.2) is 60.8 Å². The molecule has 1 aliphatic rings. The molecule has 1 atom stereocenters. The molecule has 7 heteroatoms. The molecule has 0 radical (unpaired) electrons. The number of piperidine rings is 1. The van der Waals surface area contributed by atoms with E-state index in [1.807, 2.05) is 29.8 Å². The number of rotatable bonds is 7. The third kappa shape index (κ3) is 5.14. The van der Waals surface area contributed by atoms with Crippen molar-refractivity contribution in [3.63, 3.8) is 0 Å². The van der Waals surface area contributed by atoms with E-state index in [1.54, 1.807) is 12.1 Å². The van der Waals surface area contributed by atoms with Crippen molar-refractivity contribution in [2.75, 3.05) is 13.1 Å². The van der Waals surface area contributed by atoms with Crippen LogP contribution in [0, 0.1) is 12.7 Å². The second-order valence-electron chi connectivity index (χ2n) is 9.10. The lowest BCUT2D eigenvalue weighted by atomic mass is 9.94. The molecule has 2 aromatic carbocycles. The van der Waals surface area contributed by atoms with Crippen molar-refractivity contribution in [1.82, 2.24) is 24.8 Å². The Labute approximate surface area is 204 Å². The van der Waals surface area contributed by atoms with Gasteiger partial charge in [0.1, 0.15) is 5.82 Å². The Balaban J connectivity index is 1.30. The highest BCUT2D eigenvalue weighted by molar-refractivity contribution is 6.30. The summed E-state index contributed by atoms with van der Waals surface area (Å²) in [5, 5.41) is 9.11. The summed E-state index contributed by atoms with van der Waals surface area (Å²) in [6.45, 7) is 6.40. The quantitative estimate of drug-likeness (QED) is 0.382. The maximum atomic E-state index is 13.2. The molecule has 176 valence electrons. The van der Waals surface area contributed by atoms with Crippen LogP contribution >= 0.6 is 11.6 Å². The van der Waals surface area contributed by atoms with Gasteiger partial charge in [-0.3, -0.25) is 4.90 Å². The summed E-state index contributed by atoms with van der Waals surface area (Å²) in [5.41, 5.74) is 6.56. The standard InChI is InChI=1S/C27H29ClFN5/c1-19-25(16-30-15-20-6-10-24(29)11-7-20)27-31-13-12-26(34(27)32-19)22-3-2-14-33(18-22)17-21-4-8-23(28)9-5-21/h4-13,22,30H,2-3,14-18H2,1H3. The molecule has 4 aromatic rings. The molecule has 0 amide bonds. The van der Waals surface area contributed by atoms with E-state index in [4.69, 9.17) is 16.7 Å². The number of aromatic nitrogens is 3. The first-order valence-corrected chi connectivity index (χ1v) is 12.2. The SMILES string of the molecule is Cc1nn2c(C3CCCN(Cc4ccc(Cl)cc4)C3)ccnc2c1CNCc1ccc(F)cc1. The Bertz CT molecular complexity index is 1250. The van der Waals surface area contributed by atoms with Gasteiger partial charge in [-0.15, -0.1) is 0 Å². The van der Waals surface area contributed by atoms with Gasteiger partial charge in [0.2, 0.25) is 0 Å². The van der Waals surface area contributed by atoms with Crippen molar-refractivity contribution in [3.05, 3.63) is 99.7 Å². The first-order chi connectivity index (χ1) is 16.6. The van der Waals surface area contributed by atoms with Crippen LogP contribution in [0.1, 0.15) is 46.8 Å². The smallest absolute Gasteiger partial charge is 0.159 e. The minimum absolute atomic E-state index is 0.214. The fourth-order valence-corrected chi connectivity index (χ4v) is 4.98. The minimum atomic E-state index is -0.214. The Morgan fingerprint density at radius 3 is 2.59 bits per heavy atom. The Hall–Kier alpha value is -2.80. The van der Waals surface area contributed by atoms with Gasteiger partial charge in [0.05, 0.1) is 11.4 Å². The van der Waals surface area contributed by atoms with Crippen LogP contribution in [0.2, 0.25) is 5.02 Å². The van der Waals surface area contributed by atoms with E-state index in [2.05, 4.69) is 33.4 Å². The van der Waals surface area contributed by atoms with Crippen LogP contribution in [0.3, 0.4) is 0 Å². The van der Waals surface area contributed by atoms with Crippen molar-refractivity contribution in [2.24, 2.45) is 0 Å². The molecule has 2 aromatic heterocycles. The van der Waals surface area contributed by atoms with Gasteiger partial charge in [-0.2, -0.15) is 5.10 Å². The number of nitrogens with one attached hydrogen (secondary N) is 1. The molecule has 5 rings (SSSR count). The van der Waals surface area contributed by atoms with Crippen molar-refractivity contribution >= 4 is 17.2 Å². The second-order valence-corrected chi connectivity index (χ2v) is 9.54. The fraction of sp³-hybridized carbons (Fsp3) is 0.333. The average molecular weight is 478 g/mol. The monoisotopic (exact) mass is 477 g/mol. The van der Waals surface area contributed by atoms with Crippen LogP contribution in [-0.4, -0.2) is 32.6 Å². The van der Waals surface area contributed by atoms with E-state index in [-0.39, 0.29) is 5.82 Å². The topological polar surface area (TPSA) is 45.5 Å². The van der Waals surface area contributed by atoms with Crippen LogP contribution in [0.25, 0.3) is 5.65 Å². The van der Waals surface area contributed by atoms with Crippen molar-refractivity contribution in [1.29, 1.82) is 0 Å². The molecule has 3 heterocycles. The van der Waals surface area contributed by atoms with Gasteiger partial charge in [-0.05, 0) is 67.8 Å². The molecular weight excluding hydrogens is 449 g/mol. The molecule has 1 fully saturated rings. The average Bonchev–Trinajstić information content (AvgIpc) is 3.17. The minimum Gasteiger partial charge on any atom is -0.308 e. The fourth-order valence-electron chi connectivity index (χ4n) is 4.85. The van der Waals surface area contributed by atoms with Gasteiger partial charge in [0.25, 0.3) is 0 Å². The maximum Gasteiger partial charge on any atom is 0.159 e. The van der Waals surface area contributed by atoms with Crippen LogP contribution in [0.5, 0.6) is 0 Å².